The lowest BCUT2D eigenvalue weighted by Gasteiger charge is -2.18. The molecule has 1 heterocycles. The molecular formula is C14H16ClFN2O2S. The van der Waals surface area contributed by atoms with Gasteiger partial charge in [-0.25, -0.2) is 12.8 Å². The van der Waals surface area contributed by atoms with E-state index in [2.05, 4.69) is 0 Å². The fourth-order valence-electron chi connectivity index (χ4n) is 2.02. The van der Waals surface area contributed by atoms with E-state index in [9.17, 15) is 12.8 Å². The number of aryl methyl sites for hydroxylation is 1. The normalized spacial score (nSPS) is 11.6. The van der Waals surface area contributed by atoms with Crippen molar-refractivity contribution in [2.24, 2.45) is 0 Å². The lowest BCUT2D eigenvalue weighted by Crippen LogP contribution is -2.26. The zero-order valence-corrected chi connectivity index (χ0v) is 13.3. The zero-order chi connectivity index (χ0) is 15.6. The molecule has 2 rings (SSSR count). The van der Waals surface area contributed by atoms with E-state index in [0.717, 1.165) is 10.00 Å². The molecule has 0 saturated heterocycles. The van der Waals surface area contributed by atoms with Gasteiger partial charge in [-0.2, -0.15) is 0 Å². The van der Waals surface area contributed by atoms with Gasteiger partial charge in [-0.15, -0.1) is 11.6 Å². The van der Waals surface area contributed by atoms with Crippen LogP contribution in [-0.2, 0) is 22.4 Å². The van der Waals surface area contributed by atoms with Gasteiger partial charge in [-0.1, -0.05) is 0 Å². The van der Waals surface area contributed by atoms with E-state index >= 15 is 0 Å². The van der Waals surface area contributed by atoms with Crippen molar-refractivity contribution in [2.75, 3.05) is 11.4 Å². The standard InChI is InChI=1S/C14H16ClFN2O2S/c1-3-18-10-14(8-13(18)9-15)21(19,20)17(2)12-6-4-11(16)5-7-12/h4-8,10H,3,9H2,1-2H3. The smallest absolute Gasteiger partial charge is 0.265 e. The van der Waals surface area contributed by atoms with Crippen LogP contribution in [0.4, 0.5) is 10.1 Å². The van der Waals surface area contributed by atoms with Crippen LogP contribution in [0.25, 0.3) is 0 Å². The molecule has 0 aliphatic rings. The second kappa shape index (κ2) is 6.07. The first-order chi connectivity index (χ1) is 9.90. The highest BCUT2D eigenvalue weighted by atomic mass is 35.5. The number of benzene rings is 1. The Kier molecular flexibility index (Phi) is 4.58. The number of aromatic nitrogens is 1. The SMILES string of the molecule is CCn1cc(S(=O)(=O)N(C)c2ccc(F)cc2)cc1CCl. The molecule has 0 fully saturated rings. The molecule has 0 aliphatic heterocycles. The highest BCUT2D eigenvalue weighted by molar-refractivity contribution is 7.92. The lowest BCUT2D eigenvalue weighted by molar-refractivity contribution is 0.593. The van der Waals surface area contributed by atoms with Gasteiger partial charge in [0.25, 0.3) is 10.0 Å². The second-order valence-electron chi connectivity index (χ2n) is 4.54. The maximum Gasteiger partial charge on any atom is 0.265 e. The fourth-order valence-corrected chi connectivity index (χ4v) is 3.51. The fraction of sp³-hybridized carbons (Fsp3) is 0.286. The van der Waals surface area contributed by atoms with Crippen LogP contribution in [0.15, 0.2) is 41.4 Å². The molecule has 1 aromatic carbocycles. The molecule has 0 atom stereocenters. The Morgan fingerprint density at radius 3 is 2.38 bits per heavy atom. The molecule has 1 aromatic heterocycles. The van der Waals surface area contributed by atoms with Crippen LogP contribution in [0.1, 0.15) is 12.6 Å². The van der Waals surface area contributed by atoms with E-state index in [-0.39, 0.29) is 10.8 Å². The topological polar surface area (TPSA) is 42.3 Å². The lowest BCUT2D eigenvalue weighted by atomic mass is 10.3. The number of rotatable bonds is 5. The second-order valence-corrected chi connectivity index (χ2v) is 6.77. The zero-order valence-electron chi connectivity index (χ0n) is 11.8. The highest BCUT2D eigenvalue weighted by Gasteiger charge is 2.23. The van der Waals surface area contributed by atoms with Crippen LogP contribution in [0.5, 0.6) is 0 Å². The molecule has 4 nitrogen and oxygen atoms in total. The number of hydrogen-bond acceptors (Lipinski definition) is 2. The molecule has 0 saturated carbocycles. The molecule has 0 unspecified atom stereocenters. The number of halogens is 2. The van der Waals surface area contributed by atoms with Crippen LogP contribution in [0.2, 0.25) is 0 Å². The predicted octanol–water partition coefficient (Wildman–Crippen LogP) is 3.21. The summed E-state index contributed by atoms with van der Waals surface area (Å²) in [6.45, 7) is 2.55. The quantitative estimate of drug-likeness (QED) is 0.790. The molecule has 2 aromatic rings. The molecule has 0 spiro atoms. The molecule has 0 N–H and O–H groups in total. The van der Waals surface area contributed by atoms with Crippen LogP contribution in [0.3, 0.4) is 0 Å². The van der Waals surface area contributed by atoms with E-state index in [0.29, 0.717) is 12.2 Å². The average molecular weight is 331 g/mol. The van der Waals surface area contributed by atoms with E-state index < -0.39 is 15.8 Å². The summed E-state index contributed by atoms with van der Waals surface area (Å²) in [5.41, 5.74) is 1.14. The van der Waals surface area contributed by atoms with E-state index in [1.54, 1.807) is 16.8 Å². The van der Waals surface area contributed by atoms with Gasteiger partial charge >= 0.3 is 0 Å². The summed E-state index contributed by atoms with van der Waals surface area (Å²) in [6.07, 6.45) is 1.56. The minimum absolute atomic E-state index is 0.173. The summed E-state index contributed by atoms with van der Waals surface area (Å²) in [6, 6.07) is 6.86. The molecule has 7 heteroatoms. The molecule has 114 valence electrons. The van der Waals surface area contributed by atoms with Crippen LogP contribution >= 0.6 is 11.6 Å². The van der Waals surface area contributed by atoms with Gasteiger partial charge in [0.15, 0.2) is 0 Å². The maximum atomic E-state index is 12.9. The first kappa shape index (κ1) is 15.9. The monoisotopic (exact) mass is 330 g/mol. The van der Waals surface area contributed by atoms with Gasteiger partial charge in [0.1, 0.15) is 10.7 Å². The van der Waals surface area contributed by atoms with Gasteiger partial charge in [-0.05, 0) is 37.3 Å². The van der Waals surface area contributed by atoms with Crippen LogP contribution < -0.4 is 4.31 Å². The Hall–Kier alpha value is -1.53. The first-order valence-corrected chi connectivity index (χ1v) is 8.37. The van der Waals surface area contributed by atoms with Crippen molar-refractivity contribution in [1.29, 1.82) is 0 Å². The number of alkyl halides is 1. The number of nitrogens with zero attached hydrogens (tertiary/aromatic N) is 2. The average Bonchev–Trinajstić information content (AvgIpc) is 2.91. The van der Waals surface area contributed by atoms with Gasteiger partial charge in [0.2, 0.25) is 0 Å². The summed E-state index contributed by atoms with van der Waals surface area (Å²) in [7, 11) is -2.26. The summed E-state index contributed by atoms with van der Waals surface area (Å²) in [5.74, 6) is -0.171. The van der Waals surface area contributed by atoms with Crippen molar-refractivity contribution in [3.63, 3.8) is 0 Å². The third kappa shape index (κ3) is 3.06. The van der Waals surface area contributed by atoms with E-state index in [1.807, 2.05) is 6.92 Å². The van der Waals surface area contributed by atoms with E-state index in [4.69, 9.17) is 11.6 Å². The third-order valence-corrected chi connectivity index (χ3v) is 5.31. The molecule has 21 heavy (non-hydrogen) atoms. The van der Waals surface area contributed by atoms with Crippen molar-refractivity contribution >= 4 is 27.3 Å². The van der Waals surface area contributed by atoms with E-state index in [1.165, 1.54) is 31.3 Å². The first-order valence-electron chi connectivity index (χ1n) is 6.39. The van der Waals surface area contributed by atoms with Crippen molar-refractivity contribution in [1.82, 2.24) is 4.57 Å². The summed E-state index contributed by atoms with van der Waals surface area (Å²) in [5, 5.41) is 0. The molecule has 0 radical (unpaired) electrons. The summed E-state index contributed by atoms with van der Waals surface area (Å²) >= 11 is 5.82. The number of anilines is 1. The minimum Gasteiger partial charge on any atom is -0.349 e. The Balaban J connectivity index is 2.41. The number of hydrogen-bond donors (Lipinski definition) is 0. The Bertz CT molecular complexity index is 704. The van der Waals surface area contributed by atoms with Crippen molar-refractivity contribution in [3.05, 3.63) is 48.0 Å². The van der Waals surface area contributed by atoms with Gasteiger partial charge in [0, 0.05) is 25.5 Å². The molecular weight excluding hydrogens is 315 g/mol. The largest absolute Gasteiger partial charge is 0.349 e. The number of sulfonamides is 1. The Morgan fingerprint density at radius 2 is 1.90 bits per heavy atom. The summed E-state index contributed by atoms with van der Waals surface area (Å²) < 4.78 is 41.0. The minimum atomic E-state index is -3.70. The van der Waals surface area contributed by atoms with Crippen molar-refractivity contribution in [3.8, 4) is 0 Å². The predicted molar refractivity (Wildman–Crippen MR) is 81.7 cm³/mol. The van der Waals surface area contributed by atoms with Gasteiger partial charge in [-0.3, -0.25) is 4.31 Å². The molecule has 0 bridgehead atoms. The molecule has 0 aliphatic carbocycles. The Morgan fingerprint density at radius 1 is 1.29 bits per heavy atom. The van der Waals surface area contributed by atoms with Gasteiger partial charge in [0.05, 0.1) is 11.6 Å². The van der Waals surface area contributed by atoms with Crippen LogP contribution in [0, 0.1) is 5.82 Å². The Labute approximate surface area is 128 Å². The highest BCUT2D eigenvalue weighted by Crippen LogP contribution is 2.24. The van der Waals surface area contributed by atoms with Gasteiger partial charge < -0.3 is 4.57 Å². The van der Waals surface area contributed by atoms with Crippen molar-refractivity contribution < 1.29 is 12.8 Å². The summed E-state index contributed by atoms with van der Waals surface area (Å²) in [4.78, 5) is 0.173. The molecule has 0 amide bonds. The van der Waals surface area contributed by atoms with Crippen LogP contribution in [-0.4, -0.2) is 20.0 Å². The maximum absolute atomic E-state index is 12.9. The van der Waals surface area contributed by atoms with Crippen molar-refractivity contribution in [2.45, 2.75) is 24.2 Å². The third-order valence-electron chi connectivity index (χ3n) is 3.29.